The Balaban J connectivity index is 1.26. The highest BCUT2D eigenvalue weighted by Crippen LogP contribution is 2.35. The summed E-state index contributed by atoms with van der Waals surface area (Å²) in [5, 5.41) is 31.1. The summed E-state index contributed by atoms with van der Waals surface area (Å²) in [6, 6.07) is 18.9. The number of aliphatic hydroxyl groups is 1. The average molecular weight is 508 g/mol. The molecule has 2 aliphatic rings. The standard InChI is InChI=1S/C30H33N7O/c1-20(2)27(18-38)32-14-22-9-10-35(15-22)26-7-8-28-25(11-26)17-36-16-24(23-5-3-21(13-31)4-6-23)12-29(36)30-34-33-19-37(28)30/h3-8,11-12,16,19-20,22,27,32,38H,9-10,14-15,17-18H2,1-2H3/t22-,27+/m1/s1. The van der Waals surface area contributed by atoms with Crippen molar-refractivity contribution in [3.05, 3.63) is 72.2 Å². The maximum absolute atomic E-state index is 9.65. The van der Waals surface area contributed by atoms with E-state index in [9.17, 15) is 5.11 Å². The highest BCUT2D eigenvalue weighted by Gasteiger charge is 2.26. The van der Waals surface area contributed by atoms with E-state index in [0.717, 1.165) is 60.9 Å². The molecule has 2 aromatic heterocycles. The number of aliphatic hydroxyl groups excluding tert-OH is 1. The first-order chi connectivity index (χ1) is 18.5. The Kier molecular flexibility index (Phi) is 6.48. The van der Waals surface area contributed by atoms with E-state index in [1.54, 1.807) is 6.33 Å². The zero-order chi connectivity index (χ0) is 26.2. The van der Waals surface area contributed by atoms with E-state index in [4.69, 9.17) is 5.26 Å². The molecule has 8 heteroatoms. The minimum atomic E-state index is 0.152. The second-order valence-electron chi connectivity index (χ2n) is 10.8. The van der Waals surface area contributed by atoms with Crippen molar-refractivity contribution in [1.29, 1.82) is 5.26 Å². The van der Waals surface area contributed by atoms with E-state index in [0.29, 0.717) is 17.4 Å². The number of fused-ring (bicyclic) bond motifs is 5. The smallest absolute Gasteiger partial charge is 0.185 e. The Bertz CT molecular complexity index is 1480. The van der Waals surface area contributed by atoms with E-state index >= 15 is 0 Å². The molecule has 2 atom stereocenters. The molecule has 0 radical (unpaired) electrons. The third kappa shape index (κ3) is 4.49. The third-order valence-corrected chi connectivity index (χ3v) is 8.01. The molecular formula is C30H33N7O. The first-order valence-electron chi connectivity index (χ1n) is 13.4. The summed E-state index contributed by atoms with van der Waals surface area (Å²) in [5.41, 5.74) is 7.42. The van der Waals surface area contributed by atoms with Crippen LogP contribution in [0.1, 0.15) is 31.4 Å². The van der Waals surface area contributed by atoms with Crippen LogP contribution in [0.5, 0.6) is 0 Å². The fourth-order valence-corrected chi connectivity index (χ4v) is 5.69. The highest BCUT2D eigenvalue weighted by atomic mass is 16.3. The number of nitriles is 1. The lowest BCUT2D eigenvalue weighted by Crippen LogP contribution is -2.40. The molecule has 0 aliphatic carbocycles. The van der Waals surface area contributed by atoms with E-state index in [2.05, 4.69) is 79.9 Å². The summed E-state index contributed by atoms with van der Waals surface area (Å²) in [5.74, 6) is 1.81. The lowest BCUT2D eigenvalue weighted by Gasteiger charge is -2.23. The van der Waals surface area contributed by atoms with Crippen LogP contribution < -0.4 is 10.2 Å². The van der Waals surface area contributed by atoms with Gasteiger partial charge in [0, 0.05) is 49.7 Å². The molecule has 0 unspecified atom stereocenters. The van der Waals surface area contributed by atoms with Crippen LogP contribution in [0, 0.1) is 23.2 Å². The van der Waals surface area contributed by atoms with Gasteiger partial charge in [0.1, 0.15) is 6.33 Å². The van der Waals surface area contributed by atoms with E-state index in [-0.39, 0.29) is 12.6 Å². The molecule has 0 spiro atoms. The fourth-order valence-electron chi connectivity index (χ4n) is 5.69. The maximum atomic E-state index is 9.65. The van der Waals surface area contributed by atoms with Crippen LogP contribution in [0.25, 0.3) is 28.3 Å². The van der Waals surface area contributed by atoms with Gasteiger partial charge in [-0.15, -0.1) is 10.2 Å². The van der Waals surface area contributed by atoms with Gasteiger partial charge in [-0.05, 0) is 65.8 Å². The van der Waals surface area contributed by atoms with E-state index in [1.165, 1.54) is 11.3 Å². The Morgan fingerprint density at radius 3 is 2.74 bits per heavy atom. The lowest BCUT2D eigenvalue weighted by molar-refractivity contribution is 0.206. The maximum Gasteiger partial charge on any atom is 0.185 e. The summed E-state index contributed by atoms with van der Waals surface area (Å²) in [6.45, 7) is 8.19. The van der Waals surface area contributed by atoms with Gasteiger partial charge in [0.05, 0.1) is 29.6 Å². The van der Waals surface area contributed by atoms with Gasteiger partial charge in [0.2, 0.25) is 0 Å². The van der Waals surface area contributed by atoms with Gasteiger partial charge < -0.3 is 19.9 Å². The van der Waals surface area contributed by atoms with E-state index in [1.807, 2.05) is 24.3 Å². The fraction of sp³-hybridized carbons (Fsp3) is 0.367. The first-order valence-corrected chi connectivity index (χ1v) is 13.4. The zero-order valence-electron chi connectivity index (χ0n) is 21.9. The Labute approximate surface area is 223 Å². The van der Waals surface area contributed by atoms with Gasteiger partial charge in [-0.1, -0.05) is 26.0 Å². The molecule has 4 heterocycles. The molecule has 2 N–H and O–H groups in total. The van der Waals surface area contributed by atoms with Crippen molar-refractivity contribution in [3.8, 4) is 34.4 Å². The van der Waals surface area contributed by atoms with Gasteiger partial charge in [-0.25, -0.2) is 0 Å². The zero-order valence-corrected chi connectivity index (χ0v) is 21.9. The van der Waals surface area contributed by atoms with Gasteiger partial charge >= 0.3 is 0 Å². The van der Waals surface area contributed by atoms with Crippen LogP contribution in [-0.4, -0.2) is 56.7 Å². The topological polar surface area (TPSA) is 94.9 Å². The minimum Gasteiger partial charge on any atom is -0.395 e. The molecule has 38 heavy (non-hydrogen) atoms. The monoisotopic (exact) mass is 507 g/mol. The molecule has 2 aromatic carbocycles. The lowest BCUT2D eigenvalue weighted by atomic mass is 10.0. The molecule has 6 rings (SSSR count). The summed E-state index contributed by atoms with van der Waals surface area (Å²) in [7, 11) is 0. The van der Waals surface area contributed by atoms with E-state index < -0.39 is 0 Å². The van der Waals surface area contributed by atoms with Crippen molar-refractivity contribution in [2.45, 2.75) is 32.9 Å². The quantitative estimate of drug-likeness (QED) is 0.345. The van der Waals surface area contributed by atoms with Crippen molar-refractivity contribution < 1.29 is 5.11 Å². The van der Waals surface area contributed by atoms with Crippen molar-refractivity contribution >= 4 is 5.69 Å². The Morgan fingerprint density at radius 2 is 1.97 bits per heavy atom. The summed E-state index contributed by atoms with van der Waals surface area (Å²) in [4.78, 5) is 2.48. The largest absolute Gasteiger partial charge is 0.395 e. The van der Waals surface area contributed by atoms with Gasteiger partial charge in [-0.2, -0.15) is 5.26 Å². The van der Waals surface area contributed by atoms with Gasteiger partial charge in [0.15, 0.2) is 5.82 Å². The first kappa shape index (κ1) is 24.4. The number of benzene rings is 2. The van der Waals surface area contributed by atoms with Crippen molar-refractivity contribution in [1.82, 2.24) is 24.6 Å². The second kappa shape index (κ2) is 10.1. The molecule has 1 saturated heterocycles. The molecule has 0 bridgehead atoms. The number of anilines is 1. The van der Waals surface area contributed by atoms with Crippen LogP contribution in [0.3, 0.4) is 0 Å². The normalized spacial score (nSPS) is 17.0. The van der Waals surface area contributed by atoms with Crippen molar-refractivity contribution in [2.24, 2.45) is 11.8 Å². The van der Waals surface area contributed by atoms with Gasteiger partial charge in [0.25, 0.3) is 0 Å². The summed E-state index contributed by atoms with van der Waals surface area (Å²) >= 11 is 0. The summed E-state index contributed by atoms with van der Waals surface area (Å²) in [6.07, 6.45) is 5.11. The number of nitrogens with zero attached hydrogens (tertiary/aromatic N) is 6. The van der Waals surface area contributed by atoms with Crippen molar-refractivity contribution in [2.75, 3.05) is 31.1 Å². The minimum absolute atomic E-state index is 0.152. The number of rotatable bonds is 7. The highest BCUT2D eigenvalue weighted by molar-refractivity contribution is 5.72. The predicted molar refractivity (Wildman–Crippen MR) is 148 cm³/mol. The molecule has 4 aromatic rings. The second-order valence-corrected chi connectivity index (χ2v) is 10.8. The van der Waals surface area contributed by atoms with Crippen LogP contribution in [-0.2, 0) is 6.54 Å². The number of hydrogen-bond acceptors (Lipinski definition) is 6. The molecule has 0 saturated carbocycles. The third-order valence-electron chi connectivity index (χ3n) is 8.01. The molecular weight excluding hydrogens is 474 g/mol. The van der Waals surface area contributed by atoms with Crippen molar-refractivity contribution in [3.63, 3.8) is 0 Å². The molecule has 2 aliphatic heterocycles. The van der Waals surface area contributed by atoms with Crippen LogP contribution in [0.4, 0.5) is 5.69 Å². The number of aromatic nitrogens is 4. The predicted octanol–water partition coefficient (Wildman–Crippen LogP) is 4.07. The van der Waals surface area contributed by atoms with Crippen LogP contribution in [0.15, 0.2) is 61.1 Å². The summed E-state index contributed by atoms with van der Waals surface area (Å²) < 4.78 is 4.33. The van der Waals surface area contributed by atoms with Crippen LogP contribution >= 0.6 is 0 Å². The molecule has 0 amide bonds. The Morgan fingerprint density at radius 1 is 1.13 bits per heavy atom. The van der Waals surface area contributed by atoms with Crippen LogP contribution in [0.2, 0.25) is 0 Å². The number of hydrogen-bond donors (Lipinski definition) is 2. The SMILES string of the molecule is CC(C)[C@H](CO)NC[C@H]1CCN(c2ccc3c(c2)Cn2cc(-c4ccc(C#N)cc4)cc2-c2nncn2-3)C1. The average Bonchev–Trinajstić information content (AvgIpc) is 3.68. The Hall–Kier alpha value is -3.93. The molecule has 8 nitrogen and oxygen atoms in total. The molecule has 194 valence electrons. The molecule has 1 fully saturated rings. The number of nitrogens with one attached hydrogen (secondary N) is 1. The van der Waals surface area contributed by atoms with Gasteiger partial charge in [-0.3, -0.25) is 4.57 Å².